The number of fused-ring (bicyclic) bond motifs is 2. The van der Waals surface area contributed by atoms with Gasteiger partial charge in [0, 0.05) is 25.2 Å². The van der Waals surface area contributed by atoms with Crippen LogP contribution in [0.1, 0.15) is 56.8 Å². The normalized spacial score (nSPS) is 26.1. The van der Waals surface area contributed by atoms with Crippen molar-refractivity contribution in [2.75, 3.05) is 19.6 Å². The first kappa shape index (κ1) is 20.7. The van der Waals surface area contributed by atoms with Crippen LogP contribution in [0.15, 0.2) is 30.3 Å². The van der Waals surface area contributed by atoms with Crippen LogP contribution in [0.2, 0.25) is 0 Å². The molecule has 4 rings (SSSR count). The average Bonchev–Trinajstić information content (AvgIpc) is 3.29. The van der Waals surface area contributed by atoms with Crippen LogP contribution >= 0.6 is 0 Å². The molecule has 0 N–H and O–H groups in total. The van der Waals surface area contributed by atoms with Crippen LogP contribution in [0.5, 0.6) is 0 Å². The number of carbonyl (C=O) groups excluding carboxylic acids is 3. The number of ether oxygens (including phenoxy) is 1. The lowest BCUT2D eigenvalue weighted by atomic mass is 10.1. The van der Waals surface area contributed by atoms with E-state index in [2.05, 4.69) is 0 Å². The molecule has 3 aliphatic rings. The molecule has 3 aliphatic heterocycles. The van der Waals surface area contributed by atoms with Gasteiger partial charge in [0.05, 0.1) is 12.1 Å². The summed E-state index contributed by atoms with van der Waals surface area (Å²) in [6, 6.07) is 8.96. The lowest BCUT2D eigenvalue weighted by Gasteiger charge is -2.42. The van der Waals surface area contributed by atoms with Crippen molar-refractivity contribution in [3.8, 4) is 0 Å². The molecule has 3 saturated heterocycles. The van der Waals surface area contributed by atoms with E-state index in [-0.39, 0.29) is 23.9 Å². The van der Waals surface area contributed by atoms with Gasteiger partial charge in [0.25, 0.3) is 5.91 Å². The molecule has 1 aromatic carbocycles. The van der Waals surface area contributed by atoms with Crippen LogP contribution in [0, 0.1) is 0 Å². The summed E-state index contributed by atoms with van der Waals surface area (Å²) in [4.78, 5) is 44.3. The maximum absolute atomic E-state index is 13.3. The summed E-state index contributed by atoms with van der Waals surface area (Å²) in [7, 11) is 0. The van der Waals surface area contributed by atoms with Gasteiger partial charge in [-0.15, -0.1) is 0 Å². The van der Waals surface area contributed by atoms with Gasteiger partial charge in [0.15, 0.2) is 0 Å². The SMILES string of the molecule is CC(C)(C)OC(=O)N1CCC[C@H]1C(=O)N1CC2CCC(C1)N2C(=O)c1ccccc1. The summed E-state index contributed by atoms with van der Waals surface area (Å²) >= 11 is 0. The minimum atomic E-state index is -0.587. The molecule has 1 aromatic rings. The maximum Gasteiger partial charge on any atom is 0.410 e. The van der Waals surface area contributed by atoms with Crippen LogP contribution in [-0.4, -0.2) is 76.0 Å². The van der Waals surface area contributed by atoms with Gasteiger partial charge in [-0.3, -0.25) is 14.5 Å². The van der Waals surface area contributed by atoms with Gasteiger partial charge in [-0.1, -0.05) is 18.2 Å². The second-order valence-electron chi connectivity index (χ2n) is 9.54. The third-order valence-corrected chi connectivity index (χ3v) is 6.21. The van der Waals surface area contributed by atoms with Gasteiger partial charge in [0.1, 0.15) is 11.6 Å². The van der Waals surface area contributed by atoms with Crippen molar-refractivity contribution in [2.24, 2.45) is 0 Å². The van der Waals surface area contributed by atoms with Crippen molar-refractivity contribution in [3.05, 3.63) is 35.9 Å². The van der Waals surface area contributed by atoms with Gasteiger partial charge in [-0.25, -0.2) is 4.79 Å². The molecule has 0 aromatic heterocycles. The fourth-order valence-corrected chi connectivity index (χ4v) is 4.92. The van der Waals surface area contributed by atoms with Crippen LogP contribution in [0.4, 0.5) is 4.79 Å². The number of carbonyl (C=O) groups is 3. The predicted octanol–water partition coefficient (Wildman–Crippen LogP) is 2.90. The molecule has 3 amide bonds. The van der Waals surface area contributed by atoms with Gasteiger partial charge >= 0.3 is 6.09 Å². The molecular formula is C23H31N3O4. The van der Waals surface area contributed by atoms with E-state index in [1.807, 2.05) is 60.9 Å². The van der Waals surface area contributed by atoms with Gasteiger partial charge in [-0.05, 0) is 58.6 Å². The standard InChI is InChI=1S/C23H31N3O4/c1-23(2,3)30-22(29)25-13-7-10-19(25)21(28)24-14-17-11-12-18(15-24)26(17)20(27)16-8-5-4-6-9-16/h4-6,8-9,17-19H,7,10-15H2,1-3H3/t17?,18?,19-/m0/s1. The molecule has 7 heteroatoms. The van der Waals surface area contributed by atoms with E-state index in [0.29, 0.717) is 31.6 Å². The first-order valence-corrected chi connectivity index (χ1v) is 10.9. The van der Waals surface area contributed by atoms with Crippen molar-refractivity contribution in [3.63, 3.8) is 0 Å². The summed E-state index contributed by atoms with van der Waals surface area (Å²) in [6.07, 6.45) is 2.87. The third kappa shape index (κ3) is 4.02. The van der Waals surface area contributed by atoms with Crippen molar-refractivity contribution in [1.82, 2.24) is 14.7 Å². The Bertz CT molecular complexity index is 805. The molecule has 2 unspecified atom stereocenters. The van der Waals surface area contributed by atoms with Crippen LogP contribution in [0.25, 0.3) is 0 Å². The Morgan fingerprint density at radius 3 is 2.20 bits per heavy atom. The average molecular weight is 414 g/mol. The lowest BCUT2D eigenvalue weighted by Crippen LogP contribution is -2.60. The Morgan fingerprint density at radius 1 is 0.967 bits per heavy atom. The molecule has 0 radical (unpaired) electrons. The topological polar surface area (TPSA) is 70.2 Å². The molecule has 0 aliphatic carbocycles. The fourth-order valence-electron chi connectivity index (χ4n) is 4.92. The van der Waals surface area contributed by atoms with E-state index in [4.69, 9.17) is 4.74 Å². The number of nitrogens with zero attached hydrogens (tertiary/aromatic N) is 3. The predicted molar refractivity (Wildman–Crippen MR) is 112 cm³/mol. The number of piperazine rings is 1. The van der Waals surface area contributed by atoms with Gasteiger partial charge in [0.2, 0.25) is 5.91 Å². The van der Waals surface area contributed by atoms with Crippen molar-refractivity contribution in [2.45, 2.75) is 70.2 Å². The number of hydrogen-bond acceptors (Lipinski definition) is 4. The molecule has 0 saturated carbocycles. The minimum Gasteiger partial charge on any atom is -0.444 e. The lowest BCUT2D eigenvalue weighted by molar-refractivity contribution is -0.138. The summed E-state index contributed by atoms with van der Waals surface area (Å²) in [5.41, 5.74) is 0.108. The summed E-state index contributed by atoms with van der Waals surface area (Å²) in [5.74, 6) is 0.0357. The van der Waals surface area contributed by atoms with Crippen LogP contribution in [0.3, 0.4) is 0 Å². The van der Waals surface area contributed by atoms with Crippen LogP contribution in [-0.2, 0) is 9.53 Å². The Balaban J connectivity index is 1.43. The summed E-state index contributed by atoms with van der Waals surface area (Å²) < 4.78 is 5.50. The van der Waals surface area contributed by atoms with E-state index in [1.54, 1.807) is 4.90 Å². The number of benzene rings is 1. The Hall–Kier alpha value is -2.57. The molecule has 162 valence electrons. The van der Waals surface area contributed by atoms with Gasteiger partial charge < -0.3 is 14.5 Å². The van der Waals surface area contributed by atoms with E-state index < -0.39 is 17.7 Å². The smallest absolute Gasteiger partial charge is 0.410 e. The van der Waals surface area contributed by atoms with E-state index in [1.165, 1.54) is 0 Å². The van der Waals surface area contributed by atoms with Gasteiger partial charge in [-0.2, -0.15) is 0 Å². The third-order valence-electron chi connectivity index (χ3n) is 6.21. The van der Waals surface area contributed by atoms with E-state index >= 15 is 0 Å². The van der Waals surface area contributed by atoms with Crippen LogP contribution < -0.4 is 0 Å². The largest absolute Gasteiger partial charge is 0.444 e. The molecule has 30 heavy (non-hydrogen) atoms. The highest BCUT2D eigenvalue weighted by atomic mass is 16.6. The number of likely N-dealkylation sites (tertiary alicyclic amines) is 2. The molecule has 7 nitrogen and oxygen atoms in total. The Labute approximate surface area is 177 Å². The minimum absolute atomic E-state index is 0.0120. The fraction of sp³-hybridized carbons (Fsp3) is 0.609. The summed E-state index contributed by atoms with van der Waals surface area (Å²) in [5, 5.41) is 0. The van der Waals surface area contributed by atoms with Crippen molar-refractivity contribution >= 4 is 17.9 Å². The van der Waals surface area contributed by atoms with E-state index in [0.717, 1.165) is 19.3 Å². The molecule has 3 heterocycles. The second kappa shape index (κ2) is 7.93. The van der Waals surface area contributed by atoms with Crippen molar-refractivity contribution < 1.29 is 19.1 Å². The van der Waals surface area contributed by atoms with Crippen molar-refractivity contribution in [1.29, 1.82) is 0 Å². The second-order valence-corrected chi connectivity index (χ2v) is 9.54. The first-order valence-electron chi connectivity index (χ1n) is 10.9. The number of amides is 3. The molecular weight excluding hydrogens is 382 g/mol. The molecule has 3 fully saturated rings. The molecule has 2 bridgehead atoms. The monoisotopic (exact) mass is 413 g/mol. The molecule has 3 atom stereocenters. The highest BCUT2D eigenvalue weighted by molar-refractivity contribution is 5.95. The van der Waals surface area contributed by atoms with E-state index in [9.17, 15) is 14.4 Å². The maximum atomic E-state index is 13.3. The number of rotatable bonds is 2. The first-order chi connectivity index (χ1) is 14.2. The Morgan fingerprint density at radius 2 is 1.60 bits per heavy atom. The Kier molecular flexibility index (Phi) is 5.47. The highest BCUT2D eigenvalue weighted by Gasteiger charge is 2.46. The number of hydrogen-bond donors (Lipinski definition) is 0. The highest BCUT2D eigenvalue weighted by Crippen LogP contribution is 2.33. The molecule has 0 spiro atoms. The summed E-state index contributed by atoms with van der Waals surface area (Å²) in [6.45, 7) is 7.11. The quantitative estimate of drug-likeness (QED) is 0.748. The zero-order valence-corrected chi connectivity index (χ0v) is 18.0. The zero-order chi connectivity index (χ0) is 21.5. The zero-order valence-electron chi connectivity index (χ0n) is 18.0.